The maximum absolute atomic E-state index is 8.80. The van der Waals surface area contributed by atoms with E-state index in [0.29, 0.717) is 5.69 Å². The van der Waals surface area contributed by atoms with E-state index in [0.717, 1.165) is 33.9 Å². The number of nitrogens with zero attached hydrogens (tertiary/aromatic N) is 1. The third-order valence-electron chi connectivity index (χ3n) is 5.49. The predicted molar refractivity (Wildman–Crippen MR) is 134 cm³/mol. The molecule has 3 aromatic carbocycles. The number of benzene rings is 3. The predicted octanol–water partition coefficient (Wildman–Crippen LogP) is 8.14. The summed E-state index contributed by atoms with van der Waals surface area (Å²) in [5, 5.41) is 1.93. The fourth-order valence-electron chi connectivity index (χ4n) is 4.05. The molecule has 32 heavy (non-hydrogen) atoms. The van der Waals surface area contributed by atoms with Crippen LogP contribution in [-0.2, 0) is 12.8 Å². The molecule has 0 saturated heterocycles. The average Bonchev–Trinajstić information content (AvgIpc) is 3.20. The fourth-order valence-corrected chi connectivity index (χ4v) is 4.05. The number of hydrogen-bond acceptors (Lipinski definition) is 2. The van der Waals surface area contributed by atoms with Gasteiger partial charge in [0.25, 0.3) is 0 Å². The summed E-state index contributed by atoms with van der Waals surface area (Å²) in [6.45, 7) is 2.84. The lowest BCUT2D eigenvalue weighted by atomic mass is 9.86. The lowest BCUT2D eigenvalue weighted by molar-refractivity contribution is 0.410. The molecule has 2 heteroatoms. The summed E-state index contributed by atoms with van der Waals surface area (Å²) in [6, 6.07) is 23.9. The number of aryl methyl sites for hydroxylation is 1. The summed E-state index contributed by atoms with van der Waals surface area (Å²) in [7, 11) is 0. The monoisotopic (exact) mass is 424 g/mol. The number of furan rings is 1. The maximum atomic E-state index is 8.80. The summed E-state index contributed by atoms with van der Waals surface area (Å²) in [5.41, 5.74) is 4.51. The number of fused-ring (bicyclic) bond motifs is 3. The summed E-state index contributed by atoms with van der Waals surface area (Å²) < 4.78 is 47.6. The molecule has 2 heterocycles. The largest absolute Gasteiger partial charge is 0.456 e. The van der Waals surface area contributed by atoms with E-state index >= 15 is 0 Å². The van der Waals surface area contributed by atoms with E-state index in [2.05, 4.69) is 29.2 Å². The second kappa shape index (κ2) is 7.94. The van der Waals surface area contributed by atoms with Gasteiger partial charge in [-0.05, 0) is 83.7 Å². The van der Waals surface area contributed by atoms with Gasteiger partial charge in [-0.2, -0.15) is 0 Å². The minimum Gasteiger partial charge on any atom is -0.456 e. The van der Waals surface area contributed by atoms with Crippen LogP contribution in [0.3, 0.4) is 0 Å². The SMILES string of the molecule is [2H]C([2H])([2H])c1cnc(-c2ccc3oc4ccc(Cc5ccccc5)cc4c3c2)cc1C([2H])([2H])C(C)(C)C. The molecular formula is C30H29NO. The molecule has 5 aromatic rings. The van der Waals surface area contributed by atoms with Crippen LogP contribution >= 0.6 is 0 Å². The van der Waals surface area contributed by atoms with Crippen LogP contribution in [0.2, 0.25) is 0 Å². The summed E-state index contributed by atoms with van der Waals surface area (Å²) >= 11 is 0. The van der Waals surface area contributed by atoms with Crippen LogP contribution in [0.5, 0.6) is 0 Å². The van der Waals surface area contributed by atoms with Crippen molar-refractivity contribution in [3.05, 3.63) is 101 Å². The van der Waals surface area contributed by atoms with E-state index in [1.54, 1.807) is 26.8 Å². The molecule has 5 rings (SSSR count). The Labute approximate surface area is 197 Å². The van der Waals surface area contributed by atoms with Crippen molar-refractivity contribution in [2.75, 3.05) is 0 Å². The van der Waals surface area contributed by atoms with Gasteiger partial charge < -0.3 is 4.42 Å². The van der Waals surface area contributed by atoms with Gasteiger partial charge in [0.15, 0.2) is 0 Å². The van der Waals surface area contributed by atoms with Crippen LogP contribution < -0.4 is 0 Å². The van der Waals surface area contributed by atoms with Gasteiger partial charge in [-0.1, -0.05) is 57.2 Å². The number of pyridine rings is 1. The summed E-state index contributed by atoms with van der Waals surface area (Å²) in [4.78, 5) is 4.46. The normalized spacial score (nSPS) is 15.2. The van der Waals surface area contributed by atoms with Crippen LogP contribution in [0.1, 0.15) is 49.9 Å². The Balaban J connectivity index is 1.63. The topological polar surface area (TPSA) is 26.0 Å². The molecule has 0 bridgehead atoms. The summed E-state index contributed by atoms with van der Waals surface area (Å²) in [5.74, 6) is 0. The van der Waals surface area contributed by atoms with Crippen LogP contribution in [0.25, 0.3) is 33.2 Å². The molecule has 0 saturated carbocycles. The number of aromatic nitrogens is 1. The van der Waals surface area contributed by atoms with Gasteiger partial charge in [-0.3, -0.25) is 4.98 Å². The zero-order valence-corrected chi connectivity index (χ0v) is 18.6. The van der Waals surface area contributed by atoms with Gasteiger partial charge >= 0.3 is 0 Å². The van der Waals surface area contributed by atoms with Crippen molar-refractivity contribution < 1.29 is 11.3 Å². The van der Waals surface area contributed by atoms with Gasteiger partial charge in [0.2, 0.25) is 0 Å². The Morgan fingerprint density at radius 3 is 2.38 bits per heavy atom. The first-order valence-electron chi connectivity index (χ1n) is 13.3. The maximum Gasteiger partial charge on any atom is 0.135 e. The minimum absolute atomic E-state index is 0.0587. The third-order valence-corrected chi connectivity index (χ3v) is 5.49. The van der Waals surface area contributed by atoms with Crippen LogP contribution in [0.4, 0.5) is 0 Å². The molecular weight excluding hydrogens is 390 g/mol. The Hall–Kier alpha value is -3.39. The lowest BCUT2D eigenvalue weighted by Gasteiger charge is -2.20. The van der Waals surface area contributed by atoms with E-state index in [4.69, 9.17) is 11.3 Å². The third kappa shape index (κ3) is 4.18. The molecule has 0 atom stereocenters. The Bertz CT molecular complexity index is 1590. The van der Waals surface area contributed by atoms with Crippen molar-refractivity contribution in [2.45, 2.75) is 40.4 Å². The van der Waals surface area contributed by atoms with Crippen LogP contribution in [0, 0.1) is 12.3 Å². The standard InChI is InChI=1S/C30H29NO/c1-20-19-31-27(17-24(20)18-30(2,3)4)23-11-13-29-26(16-23)25-15-22(10-12-28(25)32-29)14-21-8-6-5-7-9-21/h5-13,15-17,19H,14,18H2,1-4H3/i1D3,18D2. The number of rotatable bonds is 4. The first kappa shape index (κ1) is 15.4. The van der Waals surface area contributed by atoms with E-state index in [1.807, 2.05) is 42.5 Å². The van der Waals surface area contributed by atoms with Crippen LogP contribution in [-0.4, -0.2) is 4.98 Å². The van der Waals surface area contributed by atoms with Gasteiger partial charge in [-0.15, -0.1) is 0 Å². The van der Waals surface area contributed by atoms with Crippen molar-refractivity contribution in [1.29, 1.82) is 0 Å². The molecule has 0 aliphatic carbocycles. The van der Waals surface area contributed by atoms with Crippen molar-refractivity contribution in [1.82, 2.24) is 4.98 Å². The van der Waals surface area contributed by atoms with E-state index in [1.165, 1.54) is 17.3 Å². The molecule has 160 valence electrons. The molecule has 2 aromatic heterocycles. The minimum atomic E-state index is -2.47. The molecule has 0 radical (unpaired) electrons. The molecule has 2 nitrogen and oxygen atoms in total. The van der Waals surface area contributed by atoms with Gasteiger partial charge in [0.05, 0.1) is 5.69 Å². The zero-order chi connectivity index (χ0) is 26.6. The van der Waals surface area contributed by atoms with Crippen LogP contribution in [0.15, 0.2) is 83.4 Å². The molecule has 0 N–H and O–H groups in total. The molecule has 0 aliphatic heterocycles. The molecule has 0 spiro atoms. The lowest BCUT2D eigenvalue weighted by Crippen LogP contribution is -2.10. The van der Waals surface area contributed by atoms with Crippen molar-refractivity contribution in [2.24, 2.45) is 5.41 Å². The van der Waals surface area contributed by atoms with Crippen molar-refractivity contribution in [3.63, 3.8) is 0 Å². The molecule has 0 unspecified atom stereocenters. The highest BCUT2D eigenvalue weighted by molar-refractivity contribution is 6.06. The highest BCUT2D eigenvalue weighted by atomic mass is 16.3. The highest BCUT2D eigenvalue weighted by Gasteiger charge is 2.15. The smallest absolute Gasteiger partial charge is 0.135 e. The highest BCUT2D eigenvalue weighted by Crippen LogP contribution is 2.34. The quantitative estimate of drug-likeness (QED) is 0.291. The first-order valence-corrected chi connectivity index (χ1v) is 10.8. The van der Waals surface area contributed by atoms with E-state index < -0.39 is 18.6 Å². The Kier molecular flexibility index (Phi) is 3.83. The second-order valence-corrected chi connectivity index (χ2v) is 9.30. The molecule has 0 amide bonds. The zero-order valence-electron chi connectivity index (χ0n) is 23.6. The van der Waals surface area contributed by atoms with E-state index in [-0.39, 0.29) is 11.1 Å². The van der Waals surface area contributed by atoms with Gasteiger partial charge in [0.1, 0.15) is 11.2 Å². The fraction of sp³-hybridized carbons (Fsp3) is 0.233. The molecule has 0 fully saturated rings. The van der Waals surface area contributed by atoms with Crippen molar-refractivity contribution >= 4 is 21.9 Å². The Morgan fingerprint density at radius 2 is 1.62 bits per heavy atom. The van der Waals surface area contributed by atoms with Gasteiger partial charge in [0, 0.05) is 29.4 Å². The summed E-state index contributed by atoms with van der Waals surface area (Å²) in [6.07, 6.45) is 0.233. The van der Waals surface area contributed by atoms with E-state index in [9.17, 15) is 0 Å². The second-order valence-electron chi connectivity index (χ2n) is 9.30. The number of hydrogen-bond donors (Lipinski definition) is 0. The molecule has 0 aliphatic rings. The van der Waals surface area contributed by atoms with Gasteiger partial charge in [-0.25, -0.2) is 0 Å². The van der Waals surface area contributed by atoms with Crippen molar-refractivity contribution in [3.8, 4) is 11.3 Å². The average molecular weight is 425 g/mol. The Morgan fingerprint density at radius 1 is 0.875 bits per heavy atom. The first-order chi connectivity index (χ1) is 17.3.